The molecular formula is C27H28Si. The summed E-state index contributed by atoms with van der Waals surface area (Å²) >= 11 is 0. The zero-order valence-corrected chi connectivity index (χ0v) is 17.8. The Kier molecular flexibility index (Phi) is 6.62. The van der Waals surface area contributed by atoms with Crippen LogP contribution in [0.25, 0.3) is 0 Å². The van der Waals surface area contributed by atoms with Crippen LogP contribution in [0, 0.1) is 6.92 Å². The van der Waals surface area contributed by atoms with Crippen LogP contribution in [-0.4, -0.2) is 8.07 Å². The third-order valence-electron chi connectivity index (χ3n) is 5.22. The van der Waals surface area contributed by atoms with Gasteiger partial charge < -0.3 is 0 Å². The smallest absolute Gasteiger partial charge is 0.0987 e. The summed E-state index contributed by atoms with van der Waals surface area (Å²) in [6.07, 6.45) is 9.68. The van der Waals surface area contributed by atoms with Gasteiger partial charge in [-0.05, 0) is 28.9 Å². The van der Waals surface area contributed by atoms with Gasteiger partial charge in [-0.3, -0.25) is 0 Å². The fraction of sp³-hybridized carbons (Fsp3) is 0.111. The molecule has 0 bridgehead atoms. The monoisotopic (exact) mass is 380 g/mol. The number of aryl methyl sites for hydroxylation is 1. The molecule has 1 heteroatoms. The summed E-state index contributed by atoms with van der Waals surface area (Å²) in [5.74, 6) is 0. The lowest BCUT2D eigenvalue weighted by Crippen LogP contribution is -2.68. The molecule has 0 aliphatic rings. The summed E-state index contributed by atoms with van der Waals surface area (Å²) in [4.78, 5) is 0. The second-order valence-corrected chi connectivity index (χ2v) is 10.9. The van der Waals surface area contributed by atoms with Crippen molar-refractivity contribution >= 4 is 23.6 Å². The van der Waals surface area contributed by atoms with Crippen LogP contribution in [0.4, 0.5) is 0 Å². The summed E-state index contributed by atoms with van der Waals surface area (Å²) in [7, 11) is -2.45. The van der Waals surface area contributed by atoms with Crippen molar-refractivity contribution in [1.82, 2.24) is 0 Å². The molecule has 3 aromatic carbocycles. The molecule has 28 heavy (non-hydrogen) atoms. The molecule has 3 aromatic rings. The lowest BCUT2D eigenvalue weighted by Gasteiger charge is -2.35. The van der Waals surface area contributed by atoms with E-state index in [1.54, 1.807) is 0 Å². The Hall–Kier alpha value is -2.90. The van der Waals surface area contributed by atoms with Gasteiger partial charge in [-0.2, -0.15) is 0 Å². The van der Waals surface area contributed by atoms with Gasteiger partial charge in [0.2, 0.25) is 0 Å². The van der Waals surface area contributed by atoms with Crippen LogP contribution in [0.5, 0.6) is 0 Å². The second-order valence-electron chi connectivity index (χ2n) is 7.02. The number of benzene rings is 3. The van der Waals surface area contributed by atoms with E-state index in [1.807, 2.05) is 0 Å². The first-order valence-corrected chi connectivity index (χ1v) is 11.9. The predicted molar refractivity (Wildman–Crippen MR) is 126 cm³/mol. The van der Waals surface area contributed by atoms with Gasteiger partial charge in [-0.25, -0.2) is 0 Å². The molecule has 0 nitrogen and oxygen atoms in total. The van der Waals surface area contributed by atoms with Crippen LogP contribution in [0.1, 0.15) is 18.9 Å². The standard InChI is InChI=1S/C27H28Si/c1-4-5-6-9-17-24(3)28(25-18-10-7-11-19-25,26-20-12-8-13-21-26)27-22-15-14-16-23(27)2/h5-22H,3-4H2,1-2H3/b6-5-,17-9-. The molecule has 0 aliphatic heterocycles. The minimum absolute atomic E-state index is 1.04. The number of rotatable bonds is 7. The molecule has 3 rings (SSSR count). The molecule has 0 atom stereocenters. The largest absolute Gasteiger partial charge is 0.179 e. The SMILES string of the molecule is C=C(/C=C\C=C/CC)[Si](c1ccccc1)(c1ccccc1)c1ccccc1C. The first-order chi connectivity index (χ1) is 13.7. The molecule has 0 radical (unpaired) electrons. The lowest BCUT2D eigenvalue weighted by molar-refractivity contribution is 1.22. The highest BCUT2D eigenvalue weighted by molar-refractivity contribution is 7.16. The van der Waals surface area contributed by atoms with Crippen LogP contribution >= 0.6 is 0 Å². The zero-order chi connectivity index (χ0) is 19.8. The number of hydrogen-bond donors (Lipinski definition) is 0. The maximum absolute atomic E-state index is 4.64. The Morgan fingerprint density at radius 2 is 1.32 bits per heavy atom. The van der Waals surface area contributed by atoms with E-state index in [1.165, 1.54) is 26.3 Å². The van der Waals surface area contributed by atoms with E-state index in [4.69, 9.17) is 0 Å². The van der Waals surface area contributed by atoms with Crippen LogP contribution in [-0.2, 0) is 0 Å². The quantitative estimate of drug-likeness (QED) is 0.304. The number of allylic oxidation sites excluding steroid dienone is 5. The Labute approximate surface area is 170 Å². The average Bonchev–Trinajstić information content (AvgIpc) is 2.75. The van der Waals surface area contributed by atoms with Gasteiger partial charge in [-0.15, -0.1) is 0 Å². The highest BCUT2D eigenvalue weighted by Crippen LogP contribution is 2.19. The molecule has 140 valence electrons. The summed E-state index contributed by atoms with van der Waals surface area (Å²) < 4.78 is 0. The van der Waals surface area contributed by atoms with E-state index in [-0.39, 0.29) is 0 Å². The molecular weight excluding hydrogens is 352 g/mol. The normalized spacial score (nSPS) is 11.9. The fourth-order valence-corrected chi connectivity index (χ4v) is 8.70. The highest BCUT2D eigenvalue weighted by atomic mass is 28.3. The molecule has 0 aliphatic carbocycles. The Morgan fingerprint density at radius 1 is 0.786 bits per heavy atom. The third kappa shape index (κ3) is 3.85. The van der Waals surface area contributed by atoms with Gasteiger partial charge in [-0.1, -0.05) is 133 Å². The Balaban J connectivity index is 2.33. The first-order valence-electron chi connectivity index (χ1n) is 9.91. The molecule has 0 aromatic heterocycles. The van der Waals surface area contributed by atoms with E-state index in [9.17, 15) is 0 Å². The topological polar surface area (TPSA) is 0 Å². The highest BCUT2D eigenvalue weighted by Gasteiger charge is 2.41. The van der Waals surface area contributed by atoms with Crippen molar-refractivity contribution in [2.24, 2.45) is 0 Å². The van der Waals surface area contributed by atoms with Gasteiger partial charge in [0.1, 0.15) is 0 Å². The van der Waals surface area contributed by atoms with Crippen molar-refractivity contribution in [1.29, 1.82) is 0 Å². The molecule has 0 fully saturated rings. The van der Waals surface area contributed by atoms with Crippen molar-refractivity contribution in [2.75, 3.05) is 0 Å². The zero-order valence-electron chi connectivity index (χ0n) is 16.8. The maximum atomic E-state index is 4.64. The first kappa shape index (κ1) is 19.8. The predicted octanol–water partition coefficient (Wildman–Crippen LogP) is 5.08. The molecule has 0 N–H and O–H groups in total. The van der Waals surface area contributed by atoms with E-state index >= 15 is 0 Å². The summed E-state index contributed by atoms with van der Waals surface area (Å²) in [6, 6.07) is 30.6. The van der Waals surface area contributed by atoms with Crippen LogP contribution in [0.15, 0.2) is 121 Å². The second kappa shape index (κ2) is 9.34. The van der Waals surface area contributed by atoms with E-state index in [0.717, 1.165) is 6.42 Å². The summed E-state index contributed by atoms with van der Waals surface area (Å²) in [5.41, 5.74) is 1.32. The van der Waals surface area contributed by atoms with Gasteiger partial charge in [0, 0.05) is 0 Å². The third-order valence-corrected chi connectivity index (χ3v) is 10.1. The van der Waals surface area contributed by atoms with Crippen molar-refractivity contribution in [3.63, 3.8) is 0 Å². The van der Waals surface area contributed by atoms with Crippen molar-refractivity contribution < 1.29 is 0 Å². The van der Waals surface area contributed by atoms with Crippen molar-refractivity contribution in [3.8, 4) is 0 Å². The van der Waals surface area contributed by atoms with Crippen LogP contribution in [0.2, 0.25) is 0 Å². The van der Waals surface area contributed by atoms with Gasteiger partial charge in [0.15, 0.2) is 8.07 Å². The molecule has 0 spiro atoms. The van der Waals surface area contributed by atoms with Crippen molar-refractivity contribution in [2.45, 2.75) is 20.3 Å². The van der Waals surface area contributed by atoms with Gasteiger partial charge in [0.25, 0.3) is 0 Å². The van der Waals surface area contributed by atoms with E-state index in [2.05, 4.69) is 130 Å². The molecule has 0 saturated carbocycles. The Morgan fingerprint density at radius 3 is 1.86 bits per heavy atom. The lowest BCUT2D eigenvalue weighted by atomic mass is 10.2. The average molecular weight is 381 g/mol. The molecule has 0 heterocycles. The number of hydrogen-bond acceptors (Lipinski definition) is 0. The minimum atomic E-state index is -2.45. The van der Waals surface area contributed by atoms with Gasteiger partial charge in [0.05, 0.1) is 0 Å². The van der Waals surface area contributed by atoms with Gasteiger partial charge >= 0.3 is 0 Å². The minimum Gasteiger partial charge on any atom is -0.0987 e. The summed E-state index contributed by atoms with van der Waals surface area (Å²) in [6.45, 7) is 9.01. The van der Waals surface area contributed by atoms with Crippen molar-refractivity contribution in [3.05, 3.63) is 127 Å². The fourth-order valence-electron chi connectivity index (χ4n) is 3.90. The van der Waals surface area contributed by atoms with E-state index in [0.29, 0.717) is 0 Å². The van der Waals surface area contributed by atoms with Crippen LogP contribution < -0.4 is 15.6 Å². The molecule has 0 saturated heterocycles. The Bertz CT molecular complexity index is 926. The van der Waals surface area contributed by atoms with E-state index < -0.39 is 8.07 Å². The molecule has 0 amide bonds. The molecule has 0 unspecified atom stereocenters. The maximum Gasteiger partial charge on any atom is 0.179 e. The summed E-state index contributed by atoms with van der Waals surface area (Å²) in [5, 5.41) is 5.33. The van der Waals surface area contributed by atoms with Crippen LogP contribution in [0.3, 0.4) is 0 Å².